The van der Waals surface area contributed by atoms with Crippen molar-refractivity contribution < 1.29 is 4.74 Å². The van der Waals surface area contributed by atoms with Crippen molar-refractivity contribution in [3.8, 4) is 11.3 Å². The highest BCUT2D eigenvalue weighted by molar-refractivity contribution is 5.67. The number of ether oxygens (including phenoxy) is 1. The van der Waals surface area contributed by atoms with E-state index in [9.17, 15) is 0 Å². The third-order valence-corrected chi connectivity index (χ3v) is 4.46. The lowest BCUT2D eigenvalue weighted by Crippen LogP contribution is -2.21. The molecule has 3 aromatic rings. The Morgan fingerprint density at radius 1 is 1.23 bits per heavy atom. The van der Waals surface area contributed by atoms with E-state index in [1.165, 1.54) is 22.3 Å². The molecule has 0 aliphatic heterocycles. The smallest absolute Gasteiger partial charge is 0.147 e. The second-order valence-corrected chi connectivity index (χ2v) is 6.69. The molecule has 7 heteroatoms. The van der Waals surface area contributed by atoms with Gasteiger partial charge in [0.25, 0.3) is 0 Å². The van der Waals surface area contributed by atoms with E-state index < -0.39 is 0 Å². The Hall–Kier alpha value is -2.51. The summed E-state index contributed by atoms with van der Waals surface area (Å²) in [4.78, 5) is 2.22. The van der Waals surface area contributed by atoms with E-state index in [2.05, 4.69) is 64.4 Å². The van der Waals surface area contributed by atoms with Gasteiger partial charge in [0.15, 0.2) is 0 Å². The average molecular weight is 354 g/mol. The molecule has 0 saturated carbocycles. The Morgan fingerprint density at radius 3 is 2.88 bits per heavy atom. The van der Waals surface area contributed by atoms with Crippen LogP contribution in [0, 0.1) is 13.8 Å². The lowest BCUT2D eigenvalue weighted by atomic mass is 10.0. The van der Waals surface area contributed by atoms with Gasteiger partial charge in [-0.1, -0.05) is 17.7 Å². The number of rotatable bonds is 8. The number of nitrogens with one attached hydrogen (secondary N) is 1. The fourth-order valence-electron chi connectivity index (χ4n) is 3.04. The Kier molecular flexibility index (Phi) is 5.80. The molecule has 0 spiro atoms. The lowest BCUT2D eigenvalue weighted by molar-refractivity contribution is 0.184. The van der Waals surface area contributed by atoms with Crippen LogP contribution >= 0.6 is 0 Å². The van der Waals surface area contributed by atoms with Crippen LogP contribution in [0.4, 0.5) is 0 Å². The summed E-state index contributed by atoms with van der Waals surface area (Å²) in [5.41, 5.74) is 5.94. The summed E-state index contributed by atoms with van der Waals surface area (Å²) in [6, 6.07) is 6.48. The molecule has 0 fully saturated rings. The largest absolute Gasteiger partial charge is 0.383 e. The molecule has 7 nitrogen and oxygen atoms in total. The molecule has 0 aliphatic rings. The lowest BCUT2D eigenvalue weighted by Gasteiger charge is -2.17. The summed E-state index contributed by atoms with van der Waals surface area (Å²) >= 11 is 0. The number of aromatic amines is 1. The van der Waals surface area contributed by atoms with Gasteiger partial charge in [-0.3, -0.25) is 10.00 Å². The molecule has 0 saturated heterocycles. The molecular formula is C19H26N6O. The third kappa shape index (κ3) is 4.17. The van der Waals surface area contributed by atoms with Crippen LogP contribution in [-0.4, -0.2) is 50.6 Å². The minimum absolute atomic E-state index is 0.646. The van der Waals surface area contributed by atoms with E-state index in [-0.39, 0.29) is 0 Å². The van der Waals surface area contributed by atoms with Gasteiger partial charge in [0, 0.05) is 31.3 Å². The number of hydrogen-bond acceptors (Lipinski definition) is 5. The van der Waals surface area contributed by atoms with Gasteiger partial charge in [0.2, 0.25) is 0 Å². The molecule has 3 rings (SSSR count). The fraction of sp³-hybridized carbons (Fsp3) is 0.421. The molecule has 2 aromatic heterocycles. The van der Waals surface area contributed by atoms with Gasteiger partial charge in [0.1, 0.15) is 12.2 Å². The molecule has 0 unspecified atom stereocenters. The van der Waals surface area contributed by atoms with Crippen LogP contribution in [-0.2, 0) is 24.4 Å². The van der Waals surface area contributed by atoms with Gasteiger partial charge in [0.05, 0.1) is 25.0 Å². The van der Waals surface area contributed by atoms with Crippen LogP contribution in [0.2, 0.25) is 0 Å². The molecule has 0 radical (unpaired) electrons. The van der Waals surface area contributed by atoms with Crippen molar-refractivity contribution in [2.75, 3.05) is 20.8 Å². The van der Waals surface area contributed by atoms with E-state index in [0.717, 1.165) is 24.6 Å². The molecule has 0 bridgehead atoms. The molecule has 0 amide bonds. The van der Waals surface area contributed by atoms with E-state index in [1.807, 2.05) is 10.8 Å². The first kappa shape index (κ1) is 18.3. The predicted octanol–water partition coefficient (Wildman–Crippen LogP) is 2.56. The quantitative estimate of drug-likeness (QED) is 0.673. The molecular weight excluding hydrogens is 328 g/mol. The van der Waals surface area contributed by atoms with Gasteiger partial charge in [-0.25, -0.2) is 0 Å². The second kappa shape index (κ2) is 8.25. The number of hydrogen-bond donors (Lipinski definition) is 1. The predicted molar refractivity (Wildman–Crippen MR) is 101 cm³/mol. The maximum Gasteiger partial charge on any atom is 0.147 e. The zero-order valence-electron chi connectivity index (χ0n) is 15.9. The summed E-state index contributed by atoms with van der Waals surface area (Å²) in [6.45, 7) is 7.12. The van der Waals surface area contributed by atoms with Crippen LogP contribution in [0.1, 0.15) is 22.5 Å². The summed E-state index contributed by atoms with van der Waals surface area (Å²) in [5.74, 6) is 0.932. The highest BCUT2D eigenvalue weighted by Gasteiger charge is 2.14. The average Bonchev–Trinajstić information content (AvgIpc) is 3.24. The molecule has 2 heterocycles. The minimum atomic E-state index is 0.646. The van der Waals surface area contributed by atoms with Crippen molar-refractivity contribution in [2.45, 2.75) is 33.5 Å². The first-order valence-electron chi connectivity index (χ1n) is 8.72. The monoisotopic (exact) mass is 354 g/mol. The van der Waals surface area contributed by atoms with Crippen molar-refractivity contribution >= 4 is 0 Å². The van der Waals surface area contributed by atoms with Crippen LogP contribution in [0.5, 0.6) is 0 Å². The Bertz CT molecular complexity index is 853. The van der Waals surface area contributed by atoms with Crippen LogP contribution < -0.4 is 0 Å². The number of H-pyrrole nitrogens is 1. The topological polar surface area (TPSA) is 71.9 Å². The SMILES string of the molecule is COCCn1cnnc1CN(C)Cc1cn[nH]c1-c1cc(C)ccc1C. The minimum Gasteiger partial charge on any atom is -0.383 e. The normalized spacial score (nSPS) is 11.4. The highest BCUT2D eigenvalue weighted by atomic mass is 16.5. The maximum absolute atomic E-state index is 5.14. The van der Waals surface area contributed by atoms with Gasteiger partial charge in [-0.15, -0.1) is 10.2 Å². The van der Waals surface area contributed by atoms with Gasteiger partial charge in [-0.05, 0) is 32.5 Å². The second-order valence-electron chi connectivity index (χ2n) is 6.69. The van der Waals surface area contributed by atoms with E-state index in [1.54, 1.807) is 13.4 Å². The molecule has 26 heavy (non-hydrogen) atoms. The number of benzene rings is 1. The van der Waals surface area contributed by atoms with Crippen molar-refractivity contribution in [3.63, 3.8) is 0 Å². The third-order valence-electron chi connectivity index (χ3n) is 4.46. The zero-order valence-corrected chi connectivity index (χ0v) is 15.9. The van der Waals surface area contributed by atoms with E-state index in [0.29, 0.717) is 13.2 Å². The summed E-state index contributed by atoms with van der Waals surface area (Å²) in [7, 11) is 3.78. The molecule has 0 aliphatic carbocycles. The van der Waals surface area contributed by atoms with Crippen molar-refractivity contribution in [1.82, 2.24) is 29.9 Å². The van der Waals surface area contributed by atoms with Crippen LogP contribution in [0.3, 0.4) is 0 Å². The summed E-state index contributed by atoms with van der Waals surface area (Å²) < 4.78 is 7.17. The van der Waals surface area contributed by atoms with E-state index >= 15 is 0 Å². The van der Waals surface area contributed by atoms with Gasteiger partial charge in [-0.2, -0.15) is 5.10 Å². The van der Waals surface area contributed by atoms with E-state index in [4.69, 9.17) is 4.74 Å². The zero-order chi connectivity index (χ0) is 18.5. The maximum atomic E-state index is 5.14. The Morgan fingerprint density at radius 2 is 2.08 bits per heavy atom. The fourth-order valence-corrected chi connectivity index (χ4v) is 3.04. The van der Waals surface area contributed by atoms with Crippen molar-refractivity contribution in [1.29, 1.82) is 0 Å². The summed E-state index contributed by atoms with van der Waals surface area (Å²) in [5, 5.41) is 15.7. The Labute approximate surface area is 154 Å². The van der Waals surface area contributed by atoms with Crippen molar-refractivity contribution in [2.24, 2.45) is 0 Å². The standard InChI is InChI=1S/C19H26N6O/c1-14-5-6-15(2)17(9-14)19-16(10-20-23-19)11-24(3)12-18-22-21-13-25(18)7-8-26-4/h5-6,9-10,13H,7-8,11-12H2,1-4H3,(H,20,23). The number of aromatic nitrogens is 5. The first-order chi connectivity index (χ1) is 12.6. The van der Waals surface area contributed by atoms with Gasteiger partial charge >= 0.3 is 0 Å². The molecule has 0 atom stereocenters. The number of aryl methyl sites for hydroxylation is 2. The summed E-state index contributed by atoms with van der Waals surface area (Å²) in [6.07, 6.45) is 3.66. The first-order valence-corrected chi connectivity index (χ1v) is 8.72. The number of methoxy groups -OCH3 is 1. The van der Waals surface area contributed by atoms with Crippen LogP contribution in [0.25, 0.3) is 11.3 Å². The molecule has 1 N–H and O–H groups in total. The van der Waals surface area contributed by atoms with Crippen LogP contribution in [0.15, 0.2) is 30.7 Å². The highest BCUT2D eigenvalue weighted by Crippen LogP contribution is 2.26. The van der Waals surface area contributed by atoms with Crippen molar-refractivity contribution in [3.05, 3.63) is 53.2 Å². The van der Waals surface area contributed by atoms with Gasteiger partial charge < -0.3 is 9.30 Å². The Balaban J connectivity index is 1.73. The molecule has 1 aromatic carbocycles. The number of nitrogens with zero attached hydrogens (tertiary/aromatic N) is 5. The molecule has 138 valence electrons.